The first-order valence-corrected chi connectivity index (χ1v) is 15.4. The van der Waals surface area contributed by atoms with Gasteiger partial charge in [-0.3, -0.25) is 0 Å². The first-order valence-electron chi connectivity index (χ1n) is 14.6. The quantitative estimate of drug-likeness (QED) is 0.315. The molecule has 1 heterocycles. The standard InChI is InChI=1S/C32H45NO5S/c1-21-28(37-20-26(34)38-32(2,3)4)30(31(35)36-5)39-29(21)24-17-12-18-25(19-24)33-27(22-13-8-6-9-14-22)23-15-10-7-11-16-23/h12,17-19,22-23,27,33H,6-11,13-16,20H2,1-5H3. The molecular weight excluding hydrogens is 510 g/mol. The minimum Gasteiger partial charge on any atom is -0.480 e. The van der Waals surface area contributed by atoms with Crippen LogP contribution in [-0.4, -0.2) is 37.3 Å². The third-order valence-corrected chi connectivity index (χ3v) is 9.29. The highest BCUT2D eigenvalue weighted by Crippen LogP contribution is 2.43. The number of methoxy groups -OCH3 is 1. The van der Waals surface area contributed by atoms with Gasteiger partial charge in [0, 0.05) is 22.2 Å². The molecule has 0 unspecified atom stereocenters. The molecule has 1 aromatic heterocycles. The predicted molar refractivity (Wildman–Crippen MR) is 158 cm³/mol. The first kappa shape index (κ1) is 29.4. The molecule has 214 valence electrons. The van der Waals surface area contributed by atoms with Gasteiger partial charge in [-0.25, -0.2) is 9.59 Å². The Kier molecular flexibility index (Phi) is 9.97. The summed E-state index contributed by atoms with van der Waals surface area (Å²) in [6.45, 7) is 7.09. The second-order valence-electron chi connectivity index (χ2n) is 12.1. The van der Waals surface area contributed by atoms with Crippen LogP contribution in [-0.2, 0) is 14.3 Å². The highest BCUT2D eigenvalue weighted by molar-refractivity contribution is 7.18. The maximum absolute atomic E-state index is 12.6. The van der Waals surface area contributed by atoms with Gasteiger partial charge in [-0.15, -0.1) is 11.3 Å². The van der Waals surface area contributed by atoms with Crippen molar-refractivity contribution in [3.05, 3.63) is 34.7 Å². The van der Waals surface area contributed by atoms with Gasteiger partial charge in [-0.2, -0.15) is 0 Å². The number of esters is 2. The van der Waals surface area contributed by atoms with E-state index in [4.69, 9.17) is 14.2 Å². The van der Waals surface area contributed by atoms with Gasteiger partial charge < -0.3 is 19.5 Å². The second-order valence-corrected chi connectivity index (χ2v) is 13.1. The molecule has 2 saturated carbocycles. The third-order valence-electron chi connectivity index (χ3n) is 7.99. The van der Waals surface area contributed by atoms with Gasteiger partial charge >= 0.3 is 11.9 Å². The molecule has 0 bridgehead atoms. The fourth-order valence-corrected chi connectivity index (χ4v) is 7.39. The normalized spacial score (nSPS) is 17.2. The van der Waals surface area contributed by atoms with Crippen molar-refractivity contribution >= 4 is 29.0 Å². The summed E-state index contributed by atoms with van der Waals surface area (Å²) in [5, 5.41) is 3.99. The molecule has 0 amide bonds. The number of nitrogens with one attached hydrogen (secondary N) is 1. The highest BCUT2D eigenvalue weighted by atomic mass is 32.1. The van der Waals surface area contributed by atoms with E-state index in [1.165, 1.54) is 82.7 Å². The molecule has 0 atom stereocenters. The Balaban J connectivity index is 1.58. The Labute approximate surface area is 237 Å². The molecule has 7 heteroatoms. The fourth-order valence-electron chi connectivity index (χ4n) is 6.23. The van der Waals surface area contributed by atoms with Crippen LogP contribution < -0.4 is 10.1 Å². The van der Waals surface area contributed by atoms with Crippen LogP contribution in [0.2, 0.25) is 0 Å². The summed E-state index contributed by atoms with van der Waals surface area (Å²) < 4.78 is 16.3. The van der Waals surface area contributed by atoms with Gasteiger partial charge in [0.25, 0.3) is 0 Å². The number of rotatable bonds is 9. The van der Waals surface area contributed by atoms with Gasteiger partial charge in [0.2, 0.25) is 0 Å². The van der Waals surface area contributed by atoms with E-state index in [1.807, 2.05) is 27.7 Å². The summed E-state index contributed by atoms with van der Waals surface area (Å²) in [5.74, 6) is 0.888. The van der Waals surface area contributed by atoms with Crippen molar-refractivity contribution in [1.29, 1.82) is 0 Å². The van der Waals surface area contributed by atoms with E-state index in [0.29, 0.717) is 16.7 Å². The summed E-state index contributed by atoms with van der Waals surface area (Å²) in [6.07, 6.45) is 13.4. The lowest BCUT2D eigenvalue weighted by Gasteiger charge is -2.39. The van der Waals surface area contributed by atoms with E-state index in [0.717, 1.165) is 33.5 Å². The Morgan fingerprint density at radius 3 is 2.18 bits per heavy atom. The van der Waals surface area contributed by atoms with Gasteiger partial charge in [0.05, 0.1) is 7.11 Å². The van der Waals surface area contributed by atoms with Crippen molar-refractivity contribution in [2.75, 3.05) is 19.0 Å². The van der Waals surface area contributed by atoms with Crippen LogP contribution in [0.1, 0.15) is 100 Å². The van der Waals surface area contributed by atoms with Crippen molar-refractivity contribution in [1.82, 2.24) is 0 Å². The lowest BCUT2D eigenvalue weighted by molar-refractivity contribution is -0.157. The van der Waals surface area contributed by atoms with E-state index in [1.54, 1.807) is 0 Å². The molecule has 1 N–H and O–H groups in total. The molecule has 0 radical (unpaired) electrons. The average molecular weight is 556 g/mol. The van der Waals surface area contributed by atoms with E-state index < -0.39 is 17.5 Å². The van der Waals surface area contributed by atoms with Crippen LogP contribution in [0, 0.1) is 18.8 Å². The lowest BCUT2D eigenvalue weighted by atomic mass is 9.73. The van der Waals surface area contributed by atoms with E-state index >= 15 is 0 Å². The lowest BCUT2D eigenvalue weighted by Crippen LogP contribution is -2.38. The molecule has 0 aliphatic heterocycles. The number of anilines is 1. The number of thiophene rings is 1. The fraction of sp³-hybridized carbons (Fsp3) is 0.625. The molecule has 4 rings (SSSR count). The molecule has 0 spiro atoms. The van der Waals surface area contributed by atoms with Crippen LogP contribution in [0.4, 0.5) is 5.69 Å². The Hall–Kier alpha value is -2.54. The zero-order valence-corrected chi connectivity index (χ0v) is 25.1. The Morgan fingerprint density at radius 1 is 1.00 bits per heavy atom. The molecule has 2 fully saturated rings. The largest absolute Gasteiger partial charge is 0.480 e. The highest BCUT2D eigenvalue weighted by Gasteiger charge is 2.32. The number of carbonyl (C=O) groups is 2. The van der Waals surface area contributed by atoms with Gasteiger partial charge in [-0.05, 0) is 82.9 Å². The van der Waals surface area contributed by atoms with Crippen LogP contribution in [0.15, 0.2) is 24.3 Å². The summed E-state index contributed by atoms with van der Waals surface area (Å²) in [6, 6.07) is 9.00. The minimum atomic E-state index is -0.610. The Morgan fingerprint density at radius 2 is 1.62 bits per heavy atom. The van der Waals surface area contributed by atoms with Crippen molar-refractivity contribution in [3.63, 3.8) is 0 Å². The SMILES string of the molecule is COC(=O)c1sc(-c2cccc(NC(C3CCCCC3)C3CCCCC3)c2)c(C)c1OCC(=O)OC(C)(C)C. The van der Waals surface area contributed by atoms with Crippen molar-refractivity contribution in [2.24, 2.45) is 11.8 Å². The summed E-state index contributed by atoms with van der Waals surface area (Å²) in [4.78, 5) is 26.2. The summed E-state index contributed by atoms with van der Waals surface area (Å²) in [5.41, 5.74) is 2.35. The molecule has 6 nitrogen and oxygen atoms in total. The van der Waals surface area contributed by atoms with E-state index in [2.05, 4.69) is 29.6 Å². The molecular formula is C32H45NO5S. The molecule has 1 aromatic carbocycles. The third kappa shape index (κ3) is 7.77. The van der Waals surface area contributed by atoms with Crippen LogP contribution >= 0.6 is 11.3 Å². The molecule has 39 heavy (non-hydrogen) atoms. The van der Waals surface area contributed by atoms with Crippen molar-refractivity contribution in [3.8, 4) is 16.2 Å². The number of benzene rings is 1. The number of carbonyl (C=O) groups excluding carboxylic acids is 2. The second kappa shape index (κ2) is 13.2. The summed E-state index contributed by atoms with van der Waals surface area (Å²) >= 11 is 1.34. The molecule has 0 saturated heterocycles. The number of hydrogen-bond acceptors (Lipinski definition) is 7. The smallest absolute Gasteiger partial charge is 0.351 e. The van der Waals surface area contributed by atoms with E-state index in [-0.39, 0.29) is 6.61 Å². The van der Waals surface area contributed by atoms with Crippen LogP contribution in [0.25, 0.3) is 10.4 Å². The predicted octanol–water partition coefficient (Wildman–Crippen LogP) is 8.17. The van der Waals surface area contributed by atoms with Gasteiger partial charge in [-0.1, -0.05) is 50.7 Å². The monoisotopic (exact) mass is 555 g/mol. The molecule has 2 aliphatic carbocycles. The van der Waals surface area contributed by atoms with Crippen LogP contribution in [0.3, 0.4) is 0 Å². The summed E-state index contributed by atoms with van der Waals surface area (Å²) in [7, 11) is 1.36. The maximum Gasteiger partial charge on any atom is 0.351 e. The van der Waals surface area contributed by atoms with E-state index in [9.17, 15) is 9.59 Å². The zero-order valence-electron chi connectivity index (χ0n) is 24.3. The maximum atomic E-state index is 12.6. The van der Waals surface area contributed by atoms with Gasteiger partial charge in [0.1, 0.15) is 11.4 Å². The Bertz CT molecular complexity index is 1100. The number of ether oxygens (including phenoxy) is 3. The number of hydrogen-bond donors (Lipinski definition) is 1. The molecule has 2 aliphatic rings. The van der Waals surface area contributed by atoms with Crippen molar-refractivity contribution < 1.29 is 23.8 Å². The van der Waals surface area contributed by atoms with Crippen molar-refractivity contribution in [2.45, 2.75) is 104 Å². The van der Waals surface area contributed by atoms with Crippen LogP contribution in [0.5, 0.6) is 5.75 Å². The zero-order chi connectivity index (χ0) is 28.0. The topological polar surface area (TPSA) is 73.9 Å². The molecule has 2 aromatic rings. The van der Waals surface area contributed by atoms with Gasteiger partial charge in [0.15, 0.2) is 11.5 Å². The first-order chi connectivity index (χ1) is 18.7. The minimum absolute atomic E-state index is 0.273. The average Bonchev–Trinajstić information content (AvgIpc) is 3.26.